The highest BCUT2D eigenvalue weighted by molar-refractivity contribution is 7.99. The van der Waals surface area contributed by atoms with Crippen molar-refractivity contribution in [3.8, 4) is 11.4 Å². The normalized spacial score (nSPS) is 10.5. The van der Waals surface area contributed by atoms with Crippen LogP contribution in [0.2, 0.25) is 0 Å². The molecular weight excluding hydrogens is 402 g/mol. The van der Waals surface area contributed by atoms with Gasteiger partial charge in [0.1, 0.15) is 11.6 Å². The summed E-state index contributed by atoms with van der Waals surface area (Å²) in [5.41, 5.74) is 2.07. The number of anilines is 1. The minimum atomic E-state index is -0.173. The van der Waals surface area contributed by atoms with E-state index in [0.29, 0.717) is 23.0 Å². The number of carbonyl (C=O) groups is 2. The number of nitrogens with zero attached hydrogens (tertiary/aromatic N) is 3. The number of aryl methyl sites for hydroxylation is 1. The van der Waals surface area contributed by atoms with Gasteiger partial charge in [0, 0.05) is 23.5 Å². The van der Waals surface area contributed by atoms with Crippen molar-refractivity contribution in [1.82, 2.24) is 20.1 Å². The molecule has 0 fully saturated rings. The van der Waals surface area contributed by atoms with Gasteiger partial charge in [-0.25, -0.2) is 0 Å². The standard InChI is InChI=1S/C21H23N5O3S/c1-4-22-20(28)15-5-7-16(8-6-15)23-19(27)13-30-21-25-24-14(2)26(21)17-9-11-18(29-3)12-10-17/h5-12H,4,13H2,1-3H3,(H,22,28)(H,23,27). The molecule has 3 aromatic rings. The zero-order valence-electron chi connectivity index (χ0n) is 17.0. The van der Waals surface area contributed by atoms with Crippen LogP contribution in [-0.4, -0.2) is 46.0 Å². The second-order valence-electron chi connectivity index (χ2n) is 6.34. The molecule has 0 unspecified atom stereocenters. The van der Waals surface area contributed by atoms with Crippen molar-refractivity contribution < 1.29 is 14.3 Å². The van der Waals surface area contributed by atoms with Gasteiger partial charge < -0.3 is 15.4 Å². The molecule has 8 nitrogen and oxygen atoms in total. The number of carbonyl (C=O) groups excluding carboxylic acids is 2. The fourth-order valence-corrected chi connectivity index (χ4v) is 3.56. The van der Waals surface area contributed by atoms with Crippen LogP contribution in [0, 0.1) is 6.92 Å². The molecule has 0 radical (unpaired) electrons. The number of thioether (sulfide) groups is 1. The number of ether oxygens (including phenoxy) is 1. The summed E-state index contributed by atoms with van der Waals surface area (Å²) in [5.74, 6) is 1.35. The summed E-state index contributed by atoms with van der Waals surface area (Å²) in [4.78, 5) is 24.2. The lowest BCUT2D eigenvalue weighted by Gasteiger charge is -2.10. The van der Waals surface area contributed by atoms with E-state index in [1.54, 1.807) is 31.4 Å². The predicted octanol–water partition coefficient (Wildman–Crippen LogP) is 3.06. The first-order valence-corrected chi connectivity index (χ1v) is 10.4. The Bertz CT molecular complexity index is 1020. The van der Waals surface area contributed by atoms with Gasteiger partial charge in [-0.05, 0) is 62.4 Å². The Hall–Kier alpha value is -3.33. The van der Waals surface area contributed by atoms with E-state index in [-0.39, 0.29) is 17.6 Å². The minimum absolute atomic E-state index is 0.140. The highest BCUT2D eigenvalue weighted by Crippen LogP contribution is 2.23. The largest absolute Gasteiger partial charge is 0.497 e. The molecule has 2 amide bonds. The van der Waals surface area contributed by atoms with Crippen LogP contribution in [0.5, 0.6) is 5.75 Å². The zero-order valence-corrected chi connectivity index (χ0v) is 17.8. The first-order valence-electron chi connectivity index (χ1n) is 9.39. The molecular formula is C21H23N5O3S. The Kier molecular flexibility index (Phi) is 7.08. The Balaban J connectivity index is 1.62. The third-order valence-electron chi connectivity index (χ3n) is 4.23. The lowest BCUT2D eigenvalue weighted by molar-refractivity contribution is -0.113. The van der Waals surface area contributed by atoms with E-state index in [9.17, 15) is 9.59 Å². The summed E-state index contributed by atoms with van der Waals surface area (Å²) in [7, 11) is 1.62. The van der Waals surface area contributed by atoms with E-state index in [2.05, 4.69) is 20.8 Å². The maximum Gasteiger partial charge on any atom is 0.251 e. The number of rotatable bonds is 8. The van der Waals surface area contributed by atoms with Gasteiger partial charge in [-0.1, -0.05) is 11.8 Å². The van der Waals surface area contributed by atoms with Gasteiger partial charge in [-0.15, -0.1) is 10.2 Å². The Morgan fingerprint density at radius 3 is 2.40 bits per heavy atom. The number of hydrogen-bond donors (Lipinski definition) is 2. The van der Waals surface area contributed by atoms with Gasteiger partial charge in [-0.3, -0.25) is 14.2 Å². The minimum Gasteiger partial charge on any atom is -0.497 e. The van der Waals surface area contributed by atoms with Crippen molar-refractivity contribution >= 4 is 29.3 Å². The van der Waals surface area contributed by atoms with Crippen LogP contribution in [0.3, 0.4) is 0 Å². The number of nitrogens with one attached hydrogen (secondary N) is 2. The smallest absolute Gasteiger partial charge is 0.251 e. The molecule has 0 aliphatic heterocycles. The van der Waals surface area contributed by atoms with Gasteiger partial charge in [0.05, 0.1) is 12.9 Å². The summed E-state index contributed by atoms with van der Waals surface area (Å²) in [6, 6.07) is 14.3. The van der Waals surface area contributed by atoms with E-state index in [4.69, 9.17) is 4.74 Å². The molecule has 2 N–H and O–H groups in total. The van der Waals surface area contributed by atoms with Crippen LogP contribution in [0.25, 0.3) is 5.69 Å². The maximum absolute atomic E-state index is 12.4. The van der Waals surface area contributed by atoms with Gasteiger partial charge >= 0.3 is 0 Å². The van der Waals surface area contributed by atoms with Gasteiger partial charge in [0.2, 0.25) is 5.91 Å². The fraction of sp³-hybridized carbons (Fsp3) is 0.238. The van der Waals surface area contributed by atoms with Crippen molar-refractivity contribution in [2.24, 2.45) is 0 Å². The number of hydrogen-bond acceptors (Lipinski definition) is 6. The topological polar surface area (TPSA) is 98.1 Å². The average molecular weight is 426 g/mol. The van der Waals surface area contributed by atoms with E-state index in [1.165, 1.54) is 11.8 Å². The van der Waals surface area contributed by atoms with E-state index >= 15 is 0 Å². The Labute approximate surface area is 179 Å². The molecule has 0 saturated carbocycles. The van der Waals surface area contributed by atoms with Crippen molar-refractivity contribution in [2.75, 3.05) is 24.7 Å². The zero-order chi connectivity index (χ0) is 21.5. The third-order valence-corrected chi connectivity index (χ3v) is 5.16. The van der Waals surface area contributed by atoms with Crippen LogP contribution < -0.4 is 15.4 Å². The summed E-state index contributed by atoms with van der Waals surface area (Å²) in [6.07, 6.45) is 0. The molecule has 1 aromatic heterocycles. The SMILES string of the molecule is CCNC(=O)c1ccc(NC(=O)CSc2nnc(C)n2-c2ccc(OC)cc2)cc1. The molecule has 0 spiro atoms. The predicted molar refractivity (Wildman–Crippen MR) is 116 cm³/mol. The molecule has 0 aliphatic carbocycles. The molecule has 1 heterocycles. The van der Waals surface area contributed by atoms with Crippen molar-refractivity contribution in [3.05, 3.63) is 59.9 Å². The number of aromatic nitrogens is 3. The van der Waals surface area contributed by atoms with Crippen LogP contribution in [-0.2, 0) is 4.79 Å². The molecule has 0 saturated heterocycles. The summed E-state index contributed by atoms with van der Waals surface area (Å²) < 4.78 is 7.08. The van der Waals surface area contributed by atoms with Gasteiger partial charge in [-0.2, -0.15) is 0 Å². The fourth-order valence-electron chi connectivity index (χ4n) is 2.76. The molecule has 0 bridgehead atoms. The summed E-state index contributed by atoms with van der Waals surface area (Å²) in [5, 5.41) is 14.5. The van der Waals surface area contributed by atoms with Gasteiger partial charge in [0.15, 0.2) is 5.16 Å². The number of amides is 2. The first-order chi connectivity index (χ1) is 14.5. The Morgan fingerprint density at radius 1 is 1.07 bits per heavy atom. The molecule has 0 aliphatic rings. The van der Waals surface area contributed by atoms with Crippen LogP contribution in [0.4, 0.5) is 5.69 Å². The van der Waals surface area contributed by atoms with Crippen molar-refractivity contribution in [3.63, 3.8) is 0 Å². The molecule has 156 valence electrons. The molecule has 30 heavy (non-hydrogen) atoms. The molecule has 3 rings (SSSR count). The van der Waals surface area contributed by atoms with Gasteiger partial charge in [0.25, 0.3) is 5.91 Å². The average Bonchev–Trinajstić information content (AvgIpc) is 3.13. The van der Waals surface area contributed by atoms with Crippen molar-refractivity contribution in [1.29, 1.82) is 0 Å². The van der Waals surface area contributed by atoms with E-state index in [1.807, 2.05) is 42.7 Å². The van der Waals surface area contributed by atoms with E-state index < -0.39 is 0 Å². The second kappa shape index (κ2) is 9.93. The summed E-state index contributed by atoms with van der Waals surface area (Å²) in [6.45, 7) is 4.29. The monoisotopic (exact) mass is 425 g/mol. The maximum atomic E-state index is 12.4. The highest BCUT2D eigenvalue weighted by Gasteiger charge is 2.14. The lowest BCUT2D eigenvalue weighted by atomic mass is 10.2. The Morgan fingerprint density at radius 2 is 1.77 bits per heavy atom. The summed E-state index contributed by atoms with van der Waals surface area (Å²) >= 11 is 1.30. The molecule has 2 aromatic carbocycles. The molecule has 9 heteroatoms. The second-order valence-corrected chi connectivity index (χ2v) is 7.28. The highest BCUT2D eigenvalue weighted by atomic mass is 32.2. The van der Waals surface area contributed by atoms with Crippen LogP contribution in [0.15, 0.2) is 53.7 Å². The first kappa shape index (κ1) is 21.4. The number of benzene rings is 2. The lowest BCUT2D eigenvalue weighted by Crippen LogP contribution is -2.22. The third kappa shape index (κ3) is 5.18. The van der Waals surface area contributed by atoms with Crippen molar-refractivity contribution in [2.45, 2.75) is 19.0 Å². The van der Waals surface area contributed by atoms with E-state index in [0.717, 1.165) is 17.3 Å². The van der Waals surface area contributed by atoms with Crippen LogP contribution in [0.1, 0.15) is 23.1 Å². The number of methoxy groups -OCH3 is 1. The van der Waals surface area contributed by atoms with Crippen LogP contribution >= 0.6 is 11.8 Å². The molecule has 0 atom stereocenters. The quantitative estimate of drug-likeness (QED) is 0.538.